The van der Waals surface area contributed by atoms with Gasteiger partial charge in [-0.3, -0.25) is 9.98 Å². The van der Waals surface area contributed by atoms with E-state index in [1.807, 2.05) is 84.9 Å². The van der Waals surface area contributed by atoms with Crippen LogP contribution < -0.4 is 0 Å². The van der Waals surface area contributed by atoms with Crippen LogP contribution >= 0.6 is 12.4 Å². The molecule has 0 aliphatic heterocycles. The first-order valence-electron chi connectivity index (χ1n) is 9.62. The molecule has 33 heavy (non-hydrogen) atoms. The van der Waals surface area contributed by atoms with E-state index in [1.54, 1.807) is 36.7 Å². The standard InChI is InChI=1S/2C13H11NO.ClH.O.Tc/c2*15-13-9-5-4-6-11(13)10-14-12-7-2-1-3-8-12;;;/h2*1-10,15H;1H;;. The van der Waals surface area contributed by atoms with Gasteiger partial charge in [-0.15, -0.1) is 12.4 Å². The summed E-state index contributed by atoms with van der Waals surface area (Å²) in [5.41, 5.74) is 3.20. The maximum absolute atomic E-state index is 9.50. The van der Waals surface area contributed by atoms with Crippen molar-refractivity contribution in [2.45, 2.75) is 0 Å². The molecule has 0 saturated heterocycles. The molecule has 0 atom stereocenters. The summed E-state index contributed by atoms with van der Waals surface area (Å²) in [5.74, 6) is 0.495. The monoisotopic (exact) mass is 543 g/mol. The predicted molar refractivity (Wildman–Crippen MR) is 132 cm³/mol. The van der Waals surface area contributed by atoms with E-state index in [9.17, 15) is 10.2 Å². The predicted octanol–water partition coefficient (Wildman–Crippen LogP) is 6.59. The van der Waals surface area contributed by atoms with Gasteiger partial charge in [-0.2, -0.15) is 0 Å². The molecule has 0 heterocycles. The number of rotatable bonds is 4. The number of hydrogen-bond acceptors (Lipinski definition) is 5. The van der Waals surface area contributed by atoms with E-state index in [2.05, 4.69) is 9.98 Å². The van der Waals surface area contributed by atoms with E-state index in [0.29, 0.717) is 0 Å². The van der Waals surface area contributed by atoms with E-state index < -0.39 is 0 Å². The van der Waals surface area contributed by atoms with E-state index in [-0.39, 0.29) is 23.9 Å². The minimum absolute atomic E-state index is 0. The van der Waals surface area contributed by atoms with Crippen molar-refractivity contribution in [1.82, 2.24) is 0 Å². The molecule has 169 valence electrons. The Morgan fingerprint density at radius 1 is 0.515 bits per heavy atom. The fraction of sp³-hybridized carbons (Fsp3) is 0. The van der Waals surface area contributed by atoms with Gasteiger partial charge in [-0.25, -0.2) is 0 Å². The molecule has 5 nitrogen and oxygen atoms in total. The molecule has 2 N–H and O–H groups in total. The molecule has 0 aliphatic rings. The fourth-order valence-corrected chi connectivity index (χ4v) is 2.51. The zero-order chi connectivity index (χ0) is 23.0. The Morgan fingerprint density at radius 3 is 1.15 bits per heavy atom. The van der Waals surface area contributed by atoms with Crippen LogP contribution in [0.25, 0.3) is 0 Å². The van der Waals surface area contributed by atoms with Crippen molar-refractivity contribution < 1.29 is 32.6 Å². The molecule has 4 rings (SSSR count). The summed E-state index contributed by atoms with van der Waals surface area (Å²) >= 11 is 0.900. The molecule has 0 aromatic heterocycles. The zero-order valence-corrected chi connectivity index (χ0v) is 20.2. The average Bonchev–Trinajstić information content (AvgIpc) is 2.86. The third-order valence-electron chi connectivity index (χ3n) is 4.09. The first kappa shape index (κ1) is 27.6. The molecular formula is C26H23ClN2O3Tc. The van der Waals surface area contributed by atoms with E-state index in [1.165, 1.54) is 0 Å². The number of phenolic OH excluding ortho intramolecular Hbond substituents is 2. The third-order valence-corrected chi connectivity index (χ3v) is 4.09. The van der Waals surface area contributed by atoms with Crippen molar-refractivity contribution in [1.29, 1.82) is 0 Å². The summed E-state index contributed by atoms with van der Waals surface area (Å²) in [4.78, 5) is 8.50. The van der Waals surface area contributed by atoms with Crippen molar-refractivity contribution in [3.05, 3.63) is 120 Å². The summed E-state index contributed by atoms with van der Waals surface area (Å²) in [6, 6.07) is 33.5. The molecular weight excluding hydrogens is 522 g/mol. The summed E-state index contributed by atoms with van der Waals surface area (Å²) in [6.45, 7) is 0. The van der Waals surface area contributed by atoms with Crippen LogP contribution in [0.1, 0.15) is 11.1 Å². The second-order valence-electron chi connectivity index (χ2n) is 6.31. The molecule has 4 aromatic rings. The molecule has 0 spiro atoms. The van der Waals surface area contributed by atoms with Gasteiger partial charge in [0, 0.05) is 23.6 Å². The van der Waals surface area contributed by atoms with Crippen LogP contribution in [0.3, 0.4) is 0 Å². The normalized spacial score (nSPS) is 9.82. The Hall–Kier alpha value is -3.44. The Labute approximate surface area is 210 Å². The second kappa shape index (κ2) is 16.2. The van der Waals surface area contributed by atoms with Crippen molar-refractivity contribution in [2.75, 3.05) is 0 Å². The van der Waals surface area contributed by atoms with E-state index in [0.717, 1.165) is 41.4 Å². The van der Waals surface area contributed by atoms with Crippen LogP contribution in [-0.2, 0) is 22.4 Å². The van der Waals surface area contributed by atoms with Gasteiger partial charge in [-0.05, 0) is 48.5 Å². The Balaban J connectivity index is 0.000000299. The van der Waals surface area contributed by atoms with Gasteiger partial charge >= 0.3 is 22.4 Å². The van der Waals surface area contributed by atoms with Gasteiger partial charge in [0.15, 0.2) is 0 Å². The van der Waals surface area contributed by atoms with Gasteiger partial charge in [0.1, 0.15) is 11.5 Å². The summed E-state index contributed by atoms with van der Waals surface area (Å²) in [7, 11) is 0. The van der Waals surface area contributed by atoms with Crippen LogP contribution in [0.2, 0.25) is 0 Å². The number of nitrogens with zero attached hydrogens (tertiary/aromatic N) is 2. The zero-order valence-electron chi connectivity index (χ0n) is 17.5. The van der Waals surface area contributed by atoms with Gasteiger partial charge in [-0.1, -0.05) is 60.7 Å². The second-order valence-corrected chi connectivity index (χ2v) is 6.31. The number of aromatic hydroxyl groups is 2. The molecule has 0 bridgehead atoms. The van der Waals surface area contributed by atoms with Crippen molar-refractivity contribution >= 4 is 36.2 Å². The Kier molecular flexibility index (Phi) is 13.6. The maximum atomic E-state index is 9.50. The van der Waals surface area contributed by atoms with Gasteiger partial charge < -0.3 is 10.2 Å². The third kappa shape index (κ3) is 10.1. The molecule has 7 heteroatoms. The molecule has 0 fully saturated rings. The Bertz CT molecular complexity index is 1050. The SMILES string of the molecule is Cl.Oc1ccccc1C=Nc1ccccc1.Oc1ccccc1C=Nc1ccccc1.[O]=[Tc]. The van der Waals surface area contributed by atoms with Gasteiger partial charge in [0.2, 0.25) is 0 Å². The van der Waals surface area contributed by atoms with E-state index >= 15 is 0 Å². The number of benzene rings is 4. The average molecular weight is 545 g/mol. The first-order valence-corrected chi connectivity index (χ1v) is 10.4. The Morgan fingerprint density at radius 2 is 0.818 bits per heavy atom. The summed E-state index contributed by atoms with van der Waals surface area (Å²) in [5, 5.41) is 19.0. The number of hydrogen-bond donors (Lipinski definition) is 2. The molecule has 0 radical (unpaired) electrons. The van der Waals surface area contributed by atoms with Crippen LogP contribution in [-0.4, -0.2) is 22.6 Å². The topological polar surface area (TPSA) is 82.2 Å². The first-order chi connectivity index (χ1) is 15.7. The molecule has 0 unspecified atom stereocenters. The summed E-state index contributed by atoms with van der Waals surface area (Å²) < 4.78 is 8.22. The molecule has 0 aliphatic carbocycles. The number of para-hydroxylation sites is 4. The van der Waals surface area contributed by atoms with Crippen LogP contribution in [0.4, 0.5) is 11.4 Å². The summed E-state index contributed by atoms with van der Waals surface area (Å²) in [6.07, 6.45) is 3.31. The number of phenols is 2. The fourth-order valence-electron chi connectivity index (χ4n) is 2.51. The molecule has 0 saturated carbocycles. The van der Waals surface area contributed by atoms with Crippen molar-refractivity contribution in [3.8, 4) is 11.5 Å². The van der Waals surface area contributed by atoms with Crippen molar-refractivity contribution in [3.63, 3.8) is 0 Å². The van der Waals surface area contributed by atoms with Crippen LogP contribution in [0, 0.1) is 0 Å². The minimum atomic E-state index is 0. The quantitative estimate of drug-likeness (QED) is 0.284. The number of aliphatic imine (C=N–C) groups is 2. The van der Waals surface area contributed by atoms with Gasteiger partial charge in [0.05, 0.1) is 11.4 Å². The molecule has 4 aromatic carbocycles. The number of halogens is 1. The van der Waals surface area contributed by atoms with Crippen LogP contribution in [0.15, 0.2) is 119 Å². The van der Waals surface area contributed by atoms with E-state index in [4.69, 9.17) is 3.50 Å². The van der Waals surface area contributed by atoms with Gasteiger partial charge in [0.25, 0.3) is 0 Å². The van der Waals surface area contributed by atoms with Crippen LogP contribution in [0.5, 0.6) is 11.5 Å². The molecule has 0 amide bonds. The van der Waals surface area contributed by atoms with Crippen molar-refractivity contribution in [2.24, 2.45) is 9.98 Å².